The second kappa shape index (κ2) is 22.3. The van der Waals surface area contributed by atoms with Crippen LogP contribution >= 0.6 is 0 Å². The molecule has 51 heavy (non-hydrogen) atoms. The summed E-state index contributed by atoms with van der Waals surface area (Å²) in [7, 11) is -8.81. The van der Waals surface area contributed by atoms with Crippen molar-refractivity contribution in [1.82, 2.24) is 0 Å². The summed E-state index contributed by atoms with van der Waals surface area (Å²) >= 11 is 0. The van der Waals surface area contributed by atoms with E-state index in [1.165, 1.54) is 48.5 Å². The van der Waals surface area contributed by atoms with Crippen LogP contribution < -0.4 is 14.6 Å². The molecule has 0 aliphatic heterocycles. The maximum atomic E-state index is 11.6. The van der Waals surface area contributed by atoms with E-state index < -0.39 is 20.2 Å². The van der Waals surface area contributed by atoms with Crippen LogP contribution in [0.5, 0.6) is 34.5 Å². The summed E-state index contributed by atoms with van der Waals surface area (Å²) in [4.78, 5) is -0.279. The molecule has 0 saturated heterocycles. The quantitative estimate of drug-likeness (QED) is 0.0568. The molecule has 0 heterocycles. The van der Waals surface area contributed by atoms with Gasteiger partial charge in [0.05, 0.1) is 9.79 Å². The van der Waals surface area contributed by atoms with Crippen LogP contribution in [0.3, 0.4) is 0 Å². The van der Waals surface area contributed by atoms with Gasteiger partial charge in [-0.2, -0.15) is 8.42 Å². The number of aromatic hydroxyl groups is 1. The van der Waals surface area contributed by atoms with Gasteiger partial charge in [0.2, 0.25) is 0 Å². The summed E-state index contributed by atoms with van der Waals surface area (Å²) in [5.41, 5.74) is 0.999. The first kappa shape index (κ1) is 44.3. The molecule has 4 aromatic rings. The monoisotopic (exact) mass is 766 g/mol. The fourth-order valence-electron chi connectivity index (χ4n) is 5.32. The molecule has 0 fully saturated rings. The van der Waals surface area contributed by atoms with Crippen molar-refractivity contribution < 1.29 is 45.6 Å². The molecule has 10 nitrogen and oxygen atoms in total. The zero-order chi connectivity index (χ0) is 36.6. The standard InChI is InChI=1S/2C19H24O5S.Ca/c2*1-2-3-4-5-6-8-15-13-18(11-12-19(15)25(21,22)23)24-17-10-7-9-16(20)14-17;/h2*7,9-14,20H,2-6,8H2,1H3,(H,21,22,23);/q;;+2/p-2. The zero-order valence-corrected chi connectivity index (χ0v) is 33.1. The number of hydrogen-bond acceptors (Lipinski definition) is 9. The van der Waals surface area contributed by atoms with Gasteiger partial charge in [0, 0.05) is 6.07 Å². The van der Waals surface area contributed by atoms with Gasteiger partial charge in [-0.25, -0.2) is 8.42 Å². The third-order valence-electron chi connectivity index (χ3n) is 7.81. The smallest absolute Gasteiger partial charge is 0.872 e. The van der Waals surface area contributed by atoms with Crippen molar-refractivity contribution in [2.24, 2.45) is 0 Å². The minimum atomic E-state index is -4.53. The summed E-state index contributed by atoms with van der Waals surface area (Å²) in [6.45, 7) is 4.26. The average Bonchev–Trinajstić information content (AvgIpc) is 3.04. The van der Waals surface area contributed by atoms with Crippen LogP contribution in [-0.4, -0.2) is 68.8 Å². The van der Waals surface area contributed by atoms with E-state index in [0.717, 1.165) is 64.2 Å². The van der Waals surface area contributed by atoms with Crippen molar-refractivity contribution in [3.63, 3.8) is 0 Å². The molecule has 0 amide bonds. The second-order valence-electron chi connectivity index (χ2n) is 12.0. The number of hydrogen-bond donors (Lipinski definition) is 2. The van der Waals surface area contributed by atoms with E-state index in [4.69, 9.17) is 9.47 Å². The van der Waals surface area contributed by atoms with Crippen LogP contribution in [-0.2, 0) is 33.1 Å². The van der Waals surface area contributed by atoms with Crippen molar-refractivity contribution >= 4 is 58.0 Å². The first-order valence-corrected chi connectivity index (χ1v) is 19.8. The molecule has 0 aromatic heterocycles. The van der Waals surface area contributed by atoms with Crippen LogP contribution in [0.25, 0.3) is 0 Å². The predicted octanol–water partition coefficient (Wildman–Crippen LogP) is 8.53. The summed E-state index contributed by atoms with van der Waals surface area (Å²) in [6.07, 6.45) is 11.5. The van der Waals surface area contributed by atoms with E-state index in [1.54, 1.807) is 36.4 Å². The van der Waals surface area contributed by atoms with Crippen molar-refractivity contribution in [2.45, 2.75) is 101 Å². The number of rotatable bonds is 18. The molecule has 0 radical (unpaired) electrons. The predicted molar refractivity (Wildman–Crippen MR) is 195 cm³/mol. The van der Waals surface area contributed by atoms with Gasteiger partial charge < -0.3 is 24.2 Å². The second-order valence-corrected chi connectivity index (χ2v) is 14.7. The van der Waals surface area contributed by atoms with E-state index in [9.17, 15) is 36.2 Å². The molecule has 0 atom stereocenters. The number of aryl methyl sites for hydroxylation is 2. The Labute approximate surface area is 332 Å². The normalized spacial score (nSPS) is 11.2. The molecule has 2 N–H and O–H groups in total. The van der Waals surface area contributed by atoms with Gasteiger partial charge in [-0.3, -0.25) is 4.55 Å². The summed E-state index contributed by atoms with van der Waals surface area (Å²) in [6, 6.07) is 21.1. The number of unbranched alkanes of at least 4 members (excludes halogenated alkanes) is 8. The maximum absolute atomic E-state index is 11.6. The largest absolute Gasteiger partial charge is 2.00 e. The maximum Gasteiger partial charge on any atom is 2.00 e. The summed E-state index contributed by atoms with van der Waals surface area (Å²) < 4.78 is 78.3. The van der Waals surface area contributed by atoms with Gasteiger partial charge in [-0.15, -0.1) is 5.75 Å². The summed E-state index contributed by atoms with van der Waals surface area (Å²) in [5.74, 6) is 1.60. The minimum absolute atomic E-state index is 0. The third kappa shape index (κ3) is 16.2. The fraction of sp³-hybridized carbons (Fsp3) is 0.368. The molecular formula is C38H46CaO10S2. The Bertz CT molecular complexity index is 1740. The Morgan fingerprint density at radius 3 is 1.51 bits per heavy atom. The Kier molecular flexibility index (Phi) is 19.4. The number of phenols is 1. The van der Waals surface area contributed by atoms with Crippen molar-refractivity contribution in [3.05, 3.63) is 96.1 Å². The van der Waals surface area contributed by atoms with Gasteiger partial charge in [0.25, 0.3) is 10.1 Å². The van der Waals surface area contributed by atoms with Gasteiger partial charge in [-0.05, 0) is 97.5 Å². The van der Waals surface area contributed by atoms with Gasteiger partial charge >= 0.3 is 37.7 Å². The zero-order valence-electron chi connectivity index (χ0n) is 29.3. The molecule has 0 saturated carbocycles. The Hall–Kier alpha value is -2.84. The molecule has 4 rings (SSSR count). The third-order valence-corrected chi connectivity index (χ3v) is 9.70. The van der Waals surface area contributed by atoms with Crippen LogP contribution in [0, 0.1) is 0 Å². The Morgan fingerprint density at radius 2 is 1.04 bits per heavy atom. The molecule has 0 aliphatic rings. The molecule has 0 bridgehead atoms. The molecule has 13 heteroatoms. The van der Waals surface area contributed by atoms with Crippen LogP contribution in [0.2, 0.25) is 0 Å². The van der Waals surface area contributed by atoms with E-state index in [2.05, 4.69) is 13.8 Å². The van der Waals surface area contributed by atoms with Crippen LogP contribution in [0.4, 0.5) is 0 Å². The van der Waals surface area contributed by atoms with Gasteiger partial charge in [0.15, 0.2) is 0 Å². The SMILES string of the molecule is CCCCCCCc1cc(Oc2cccc(O)c2)ccc1S(=O)(=O)O.CCCCCCCc1cc(Oc2cccc([O-])c2)ccc1S(=O)(=O)[O-].[Ca+2]. The first-order valence-electron chi connectivity index (χ1n) is 16.9. The molecule has 4 aromatic carbocycles. The van der Waals surface area contributed by atoms with Crippen molar-refractivity contribution in [1.29, 1.82) is 0 Å². The minimum Gasteiger partial charge on any atom is -0.872 e. The van der Waals surface area contributed by atoms with Crippen LogP contribution in [0.15, 0.2) is 94.7 Å². The van der Waals surface area contributed by atoms with E-state index in [0.29, 0.717) is 47.0 Å². The molecule has 0 unspecified atom stereocenters. The summed E-state index contributed by atoms with van der Waals surface area (Å²) in [5, 5.41) is 20.9. The molecule has 0 aliphatic carbocycles. The van der Waals surface area contributed by atoms with Gasteiger partial charge in [0.1, 0.15) is 38.9 Å². The topological polar surface area (TPSA) is 173 Å². The van der Waals surface area contributed by atoms with Crippen molar-refractivity contribution in [3.8, 4) is 34.5 Å². The Balaban J connectivity index is 0.000000347. The van der Waals surface area contributed by atoms with Crippen LogP contribution in [0.1, 0.15) is 89.2 Å². The van der Waals surface area contributed by atoms with Gasteiger partial charge in [-0.1, -0.05) is 83.4 Å². The number of phenolic OH excluding ortho intramolecular Hbond substituents is 1. The van der Waals surface area contributed by atoms with E-state index in [-0.39, 0.29) is 59.0 Å². The molecular weight excluding hydrogens is 721 g/mol. The molecule has 272 valence electrons. The fourth-order valence-corrected chi connectivity index (χ4v) is 6.77. The van der Waals surface area contributed by atoms with E-state index >= 15 is 0 Å². The number of ether oxygens (including phenoxy) is 2. The first-order chi connectivity index (χ1) is 23.8. The average molecular weight is 767 g/mol. The van der Waals surface area contributed by atoms with E-state index in [1.807, 2.05) is 0 Å². The number of benzene rings is 4. The van der Waals surface area contributed by atoms with Crippen molar-refractivity contribution in [2.75, 3.05) is 0 Å². The Morgan fingerprint density at radius 1 is 0.588 bits per heavy atom. The molecule has 0 spiro atoms.